The minimum Gasteiger partial charge on any atom is -0.269 e. The van der Waals surface area contributed by atoms with E-state index in [-0.39, 0.29) is 12.5 Å². The van der Waals surface area contributed by atoms with Gasteiger partial charge in [0.1, 0.15) is 6.61 Å². The molecule has 0 spiro atoms. The molecule has 154 valence electrons. The van der Waals surface area contributed by atoms with Crippen LogP contribution in [0.5, 0.6) is 0 Å². The van der Waals surface area contributed by atoms with Gasteiger partial charge in [0, 0.05) is 5.02 Å². The number of benzene rings is 3. The second kappa shape index (κ2) is 8.48. The first-order chi connectivity index (χ1) is 14.5. The highest BCUT2D eigenvalue weighted by molar-refractivity contribution is 6.30. The van der Waals surface area contributed by atoms with Crippen molar-refractivity contribution in [2.24, 2.45) is 0 Å². The summed E-state index contributed by atoms with van der Waals surface area (Å²) in [6.45, 7) is 3.74. The van der Waals surface area contributed by atoms with E-state index in [1.165, 1.54) is 5.06 Å². The lowest BCUT2D eigenvalue weighted by molar-refractivity contribution is -0.259. The van der Waals surface area contributed by atoms with Crippen molar-refractivity contribution < 1.29 is 14.5 Å². The van der Waals surface area contributed by atoms with Gasteiger partial charge in [-0.25, -0.2) is 5.06 Å². The third kappa shape index (κ3) is 4.19. The second-order valence-electron chi connectivity index (χ2n) is 7.58. The summed E-state index contributed by atoms with van der Waals surface area (Å²) < 4.78 is 0. The van der Waals surface area contributed by atoms with Crippen molar-refractivity contribution in [2.45, 2.75) is 32.2 Å². The summed E-state index contributed by atoms with van der Waals surface area (Å²) in [4.78, 5) is 25.6. The number of nitrogens with zero attached hydrogens (tertiary/aromatic N) is 2. The van der Waals surface area contributed by atoms with Gasteiger partial charge < -0.3 is 0 Å². The quantitative estimate of drug-likeness (QED) is 0.542. The Labute approximate surface area is 181 Å². The second-order valence-corrected chi connectivity index (χ2v) is 8.01. The van der Waals surface area contributed by atoms with Gasteiger partial charge in [-0.05, 0) is 49.2 Å². The molecule has 1 aliphatic rings. The molecular formula is C24H23ClN2O3. The molecule has 0 radical (unpaired) electrons. The third-order valence-corrected chi connectivity index (χ3v) is 5.13. The highest BCUT2D eigenvalue weighted by Gasteiger charge is 2.48. The van der Waals surface area contributed by atoms with Gasteiger partial charge in [-0.1, -0.05) is 72.3 Å². The normalized spacial score (nSPS) is 18.5. The van der Waals surface area contributed by atoms with Crippen LogP contribution in [-0.2, 0) is 21.1 Å². The summed E-state index contributed by atoms with van der Waals surface area (Å²) in [5, 5.41) is 3.74. The van der Waals surface area contributed by atoms with E-state index < -0.39 is 11.8 Å². The van der Waals surface area contributed by atoms with E-state index in [9.17, 15) is 4.79 Å². The number of carbonyl (C=O) groups excluding carboxylic acids is 1. The van der Waals surface area contributed by atoms with Gasteiger partial charge in [0.25, 0.3) is 5.91 Å². The molecule has 0 saturated carbocycles. The molecule has 30 heavy (non-hydrogen) atoms. The van der Waals surface area contributed by atoms with Crippen LogP contribution in [0.25, 0.3) is 0 Å². The fraction of sp³-hybridized carbons (Fsp3) is 0.208. The smallest absolute Gasteiger partial charge is 0.269 e. The number of halogens is 1. The maximum Gasteiger partial charge on any atom is 0.282 e. The van der Waals surface area contributed by atoms with Crippen molar-refractivity contribution in [3.05, 3.63) is 101 Å². The van der Waals surface area contributed by atoms with Crippen LogP contribution < -0.4 is 5.06 Å². The van der Waals surface area contributed by atoms with Gasteiger partial charge >= 0.3 is 0 Å². The van der Waals surface area contributed by atoms with Crippen molar-refractivity contribution in [3.8, 4) is 0 Å². The first-order valence-electron chi connectivity index (χ1n) is 9.75. The van der Waals surface area contributed by atoms with E-state index in [1.807, 2.05) is 72.8 Å². The molecule has 0 bridgehead atoms. The maximum absolute atomic E-state index is 13.3. The molecule has 3 aromatic carbocycles. The zero-order valence-corrected chi connectivity index (χ0v) is 17.6. The summed E-state index contributed by atoms with van der Waals surface area (Å²) in [6.07, 6.45) is -0.617. The number of para-hydroxylation sites is 1. The molecule has 6 heteroatoms. The molecule has 3 aromatic rings. The predicted molar refractivity (Wildman–Crippen MR) is 116 cm³/mol. The van der Waals surface area contributed by atoms with Crippen LogP contribution in [0.2, 0.25) is 5.02 Å². The van der Waals surface area contributed by atoms with Gasteiger partial charge in [-0.15, -0.1) is 0 Å². The molecule has 0 N–H and O–H groups in total. The number of rotatable bonds is 5. The standard InChI is InChI=1S/C24H23ClN2O3/c1-24(2)23(28)27(29-17-18-9-5-3-6-10-18)22(19-13-15-20(25)16-14-19)26(30-24)21-11-7-4-8-12-21/h3-16,22H,17H2,1-2H3/t22-/m0/s1. The number of hydrogen-bond donors (Lipinski definition) is 0. The number of anilines is 1. The predicted octanol–water partition coefficient (Wildman–Crippen LogP) is 5.53. The summed E-state index contributed by atoms with van der Waals surface area (Å²) in [7, 11) is 0. The molecule has 1 saturated heterocycles. The Bertz CT molecular complexity index is 994. The molecule has 0 aromatic heterocycles. The third-order valence-electron chi connectivity index (χ3n) is 4.88. The van der Waals surface area contributed by atoms with E-state index in [1.54, 1.807) is 31.0 Å². The minimum atomic E-state index is -1.10. The van der Waals surface area contributed by atoms with E-state index in [2.05, 4.69) is 0 Å². The lowest BCUT2D eigenvalue weighted by Gasteiger charge is -2.48. The van der Waals surface area contributed by atoms with Gasteiger partial charge in [0.2, 0.25) is 0 Å². The molecular weight excluding hydrogens is 400 g/mol. The summed E-state index contributed by atoms with van der Waals surface area (Å²) in [5.41, 5.74) is 1.50. The van der Waals surface area contributed by atoms with Crippen LogP contribution in [0.4, 0.5) is 5.69 Å². The van der Waals surface area contributed by atoms with Crippen LogP contribution in [0.15, 0.2) is 84.9 Å². The molecule has 1 heterocycles. The van der Waals surface area contributed by atoms with Gasteiger partial charge in [-0.2, -0.15) is 5.06 Å². The van der Waals surface area contributed by atoms with E-state index in [0.29, 0.717) is 5.02 Å². The minimum absolute atomic E-state index is 0.259. The fourth-order valence-electron chi connectivity index (χ4n) is 3.33. The monoisotopic (exact) mass is 422 g/mol. The van der Waals surface area contributed by atoms with Crippen LogP contribution in [0.1, 0.15) is 31.1 Å². The van der Waals surface area contributed by atoms with Crippen molar-refractivity contribution in [2.75, 3.05) is 5.06 Å². The van der Waals surface area contributed by atoms with Crippen molar-refractivity contribution in [3.63, 3.8) is 0 Å². The average Bonchev–Trinajstić information content (AvgIpc) is 2.76. The zero-order chi connectivity index (χ0) is 21.1. The van der Waals surface area contributed by atoms with Crippen LogP contribution in [-0.4, -0.2) is 16.6 Å². The molecule has 0 unspecified atom stereocenters. The fourth-order valence-corrected chi connectivity index (χ4v) is 3.45. The number of amides is 1. The van der Waals surface area contributed by atoms with Gasteiger partial charge in [0.15, 0.2) is 11.8 Å². The molecule has 1 fully saturated rings. The lowest BCUT2D eigenvalue weighted by atomic mass is 10.0. The Hall–Kier alpha value is -2.86. The Balaban J connectivity index is 1.75. The maximum atomic E-state index is 13.3. The largest absolute Gasteiger partial charge is 0.282 e. The first kappa shape index (κ1) is 20.4. The molecule has 1 amide bonds. The molecule has 4 rings (SSSR count). The van der Waals surface area contributed by atoms with Gasteiger partial charge in [0.05, 0.1) is 5.69 Å². The zero-order valence-electron chi connectivity index (χ0n) is 16.9. The van der Waals surface area contributed by atoms with Crippen molar-refractivity contribution >= 4 is 23.2 Å². The number of hydroxylamine groups is 3. The van der Waals surface area contributed by atoms with Gasteiger partial charge in [-0.3, -0.25) is 14.5 Å². The summed E-state index contributed by atoms with van der Waals surface area (Å²) in [5.74, 6) is -0.259. The topological polar surface area (TPSA) is 42.0 Å². The molecule has 0 aliphatic carbocycles. The Morgan fingerprint density at radius 2 is 1.53 bits per heavy atom. The van der Waals surface area contributed by atoms with E-state index >= 15 is 0 Å². The van der Waals surface area contributed by atoms with Crippen molar-refractivity contribution in [1.82, 2.24) is 5.06 Å². The van der Waals surface area contributed by atoms with Crippen LogP contribution in [0, 0.1) is 0 Å². The van der Waals surface area contributed by atoms with Crippen molar-refractivity contribution in [1.29, 1.82) is 0 Å². The Morgan fingerprint density at radius 3 is 2.17 bits per heavy atom. The molecule has 1 aliphatic heterocycles. The lowest BCUT2D eigenvalue weighted by Crippen LogP contribution is -2.60. The Morgan fingerprint density at radius 1 is 0.933 bits per heavy atom. The van der Waals surface area contributed by atoms with Crippen LogP contribution >= 0.6 is 11.6 Å². The SMILES string of the molecule is CC1(C)ON(c2ccccc2)[C@H](c2ccc(Cl)cc2)N(OCc2ccccc2)C1=O. The Kier molecular flexibility index (Phi) is 5.77. The number of hydrogen-bond acceptors (Lipinski definition) is 4. The summed E-state index contributed by atoms with van der Waals surface area (Å²) in [6, 6.07) is 26.7. The first-order valence-corrected chi connectivity index (χ1v) is 10.1. The van der Waals surface area contributed by atoms with E-state index in [0.717, 1.165) is 16.8 Å². The van der Waals surface area contributed by atoms with E-state index in [4.69, 9.17) is 21.3 Å². The van der Waals surface area contributed by atoms with Crippen LogP contribution in [0.3, 0.4) is 0 Å². The molecule has 1 atom stereocenters. The highest BCUT2D eigenvalue weighted by atomic mass is 35.5. The molecule has 5 nitrogen and oxygen atoms in total. The average molecular weight is 423 g/mol. The highest BCUT2D eigenvalue weighted by Crippen LogP contribution is 2.39. The summed E-state index contributed by atoms with van der Waals surface area (Å²) >= 11 is 6.10. The number of carbonyl (C=O) groups is 1.